The number of aryl methyl sites for hydroxylation is 2. The Labute approximate surface area is 153 Å². The Hall–Kier alpha value is -1.56. The third-order valence-electron chi connectivity index (χ3n) is 5.22. The lowest BCUT2D eigenvalue weighted by Crippen LogP contribution is -2.39. The Balaban J connectivity index is 1.77. The van der Waals surface area contributed by atoms with Crippen LogP contribution in [0.3, 0.4) is 0 Å². The van der Waals surface area contributed by atoms with Crippen LogP contribution in [-0.4, -0.2) is 53.4 Å². The average molecular weight is 349 g/mol. The molecule has 6 heteroatoms. The number of hydrogen-bond donors (Lipinski definition) is 2. The summed E-state index contributed by atoms with van der Waals surface area (Å²) in [7, 11) is 1.99. The molecule has 1 fully saturated rings. The highest BCUT2D eigenvalue weighted by Crippen LogP contribution is 2.15. The van der Waals surface area contributed by atoms with Gasteiger partial charge in [0.1, 0.15) is 0 Å². The summed E-state index contributed by atoms with van der Waals surface area (Å²) in [4.78, 5) is 7.33. The summed E-state index contributed by atoms with van der Waals surface area (Å²) in [6.07, 6.45) is 3.85. The quantitative estimate of drug-likeness (QED) is 0.451. The van der Waals surface area contributed by atoms with Crippen molar-refractivity contribution in [3.05, 3.63) is 17.0 Å². The normalized spacial score (nSPS) is 17.1. The van der Waals surface area contributed by atoms with Crippen LogP contribution in [0.15, 0.2) is 4.99 Å². The van der Waals surface area contributed by atoms with Crippen LogP contribution in [-0.2, 0) is 13.6 Å². The minimum Gasteiger partial charge on any atom is -0.357 e. The Kier molecular flexibility index (Phi) is 7.75. The molecule has 25 heavy (non-hydrogen) atoms. The van der Waals surface area contributed by atoms with Crippen molar-refractivity contribution in [3.63, 3.8) is 0 Å². The molecule has 1 aromatic heterocycles. The summed E-state index contributed by atoms with van der Waals surface area (Å²) in [6.45, 7) is 14.8. The van der Waals surface area contributed by atoms with E-state index in [9.17, 15) is 0 Å². The van der Waals surface area contributed by atoms with Gasteiger partial charge in [-0.1, -0.05) is 6.92 Å². The number of aliphatic imine (C=N–C) groups is 1. The highest BCUT2D eigenvalue weighted by atomic mass is 15.3. The largest absolute Gasteiger partial charge is 0.357 e. The van der Waals surface area contributed by atoms with Crippen molar-refractivity contribution in [2.75, 3.05) is 32.7 Å². The first-order valence-electron chi connectivity index (χ1n) is 9.74. The van der Waals surface area contributed by atoms with E-state index in [1.54, 1.807) is 0 Å². The van der Waals surface area contributed by atoms with Gasteiger partial charge in [0.2, 0.25) is 0 Å². The van der Waals surface area contributed by atoms with Gasteiger partial charge < -0.3 is 15.5 Å². The smallest absolute Gasteiger partial charge is 0.191 e. The zero-order valence-corrected chi connectivity index (χ0v) is 16.7. The lowest BCUT2D eigenvalue weighted by molar-refractivity contribution is 0.191. The second-order valence-corrected chi connectivity index (χ2v) is 7.27. The lowest BCUT2D eigenvalue weighted by atomic mass is 9.99. The predicted octanol–water partition coefficient (Wildman–Crippen LogP) is 2.21. The van der Waals surface area contributed by atoms with Gasteiger partial charge >= 0.3 is 0 Å². The SMILES string of the molecule is CCNC(=NCc1c(C)nn(C)c1C)NCCCN1CCC(C)CC1. The topological polar surface area (TPSA) is 57.5 Å². The van der Waals surface area contributed by atoms with Crippen molar-refractivity contribution in [3.8, 4) is 0 Å². The molecule has 0 aliphatic carbocycles. The maximum Gasteiger partial charge on any atom is 0.191 e. The van der Waals surface area contributed by atoms with Gasteiger partial charge in [-0.15, -0.1) is 0 Å². The van der Waals surface area contributed by atoms with Crippen LogP contribution >= 0.6 is 0 Å². The van der Waals surface area contributed by atoms with E-state index in [4.69, 9.17) is 4.99 Å². The molecule has 0 amide bonds. The molecule has 2 rings (SSSR count). The molecule has 0 atom stereocenters. The number of likely N-dealkylation sites (tertiary alicyclic amines) is 1. The van der Waals surface area contributed by atoms with Gasteiger partial charge in [-0.05, 0) is 65.6 Å². The molecule has 0 bridgehead atoms. The Morgan fingerprint density at radius 2 is 1.96 bits per heavy atom. The zero-order valence-electron chi connectivity index (χ0n) is 16.7. The van der Waals surface area contributed by atoms with Crippen LogP contribution in [0, 0.1) is 19.8 Å². The van der Waals surface area contributed by atoms with Crippen LogP contribution in [0.2, 0.25) is 0 Å². The number of piperidine rings is 1. The van der Waals surface area contributed by atoms with E-state index in [2.05, 4.69) is 48.3 Å². The Morgan fingerprint density at radius 1 is 1.24 bits per heavy atom. The summed E-state index contributed by atoms with van der Waals surface area (Å²) in [5, 5.41) is 11.3. The third kappa shape index (κ3) is 6.03. The molecule has 0 spiro atoms. The molecular formula is C19H36N6. The summed E-state index contributed by atoms with van der Waals surface area (Å²) in [5.74, 6) is 1.80. The fraction of sp³-hybridized carbons (Fsp3) is 0.789. The molecule has 0 radical (unpaired) electrons. The number of aromatic nitrogens is 2. The third-order valence-corrected chi connectivity index (χ3v) is 5.22. The summed E-state index contributed by atoms with van der Waals surface area (Å²) < 4.78 is 1.93. The van der Waals surface area contributed by atoms with Crippen molar-refractivity contribution in [1.82, 2.24) is 25.3 Å². The van der Waals surface area contributed by atoms with Crippen molar-refractivity contribution < 1.29 is 0 Å². The summed E-state index contributed by atoms with van der Waals surface area (Å²) >= 11 is 0. The molecule has 2 N–H and O–H groups in total. The maximum absolute atomic E-state index is 4.74. The molecule has 0 aromatic carbocycles. The van der Waals surface area contributed by atoms with Gasteiger partial charge in [-0.2, -0.15) is 5.10 Å². The number of rotatable bonds is 7. The predicted molar refractivity (Wildman–Crippen MR) is 105 cm³/mol. The van der Waals surface area contributed by atoms with Gasteiger partial charge in [-0.3, -0.25) is 4.68 Å². The average Bonchev–Trinajstić information content (AvgIpc) is 2.83. The van der Waals surface area contributed by atoms with Gasteiger partial charge in [0, 0.05) is 31.4 Å². The molecule has 1 aromatic rings. The van der Waals surface area contributed by atoms with Crippen LogP contribution < -0.4 is 10.6 Å². The molecule has 1 aliphatic rings. The van der Waals surface area contributed by atoms with Gasteiger partial charge in [0.05, 0.1) is 12.2 Å². The maximum atomic E-state index is 4.74. The first kappa shape index (κ1) is 19.8. The van der Waals surface area contributed by atoms with Crippen LogP contribution in [0.25, 0.3) is 0 Å². The van der Waals surface area contributed by atoms with Crippen molar-refractivity contribution in [2.24, 2.45) is 18.0 Å². The molecule has 0 unspecified atom stereocenters. The number of hydrogen-bond acceptors (Lipinski definition) is 3. The fourth-order valence-electron chi connectivity index (χ4n) is 3.34. The van der Waals surface area contributed by atoms with Gasteiger partial charge in [0.25, 0.3) is 0 Å². The van der Waals surface area contributed by atoms with Gasteiger partial charge in [-0.25, -0.2) is 4.99 Å². The van der Waals surface area contributed by atoms with E-state index in [1.165, 1.54) is 43.7 Å². The molecule has 2 heterocycles. The lowest BCUT2D eigenvalue weighted by Gasteiger charge is -2.30. The highest BCUT2D eigenvalue weighted by Gasteiger charge is 2.14. The monoisotopic (exact) mass is 348 g/mol. The highest BCUT2D eigenvalue weighted by molar-refractivity contribution is 5.79. The van der Waals surface area contributed by atoms with Crippen molar-refractivity contribution in [2.45, 2.75) is 53.5 Å². The molecular weight excluding hydrogens is 312 g/mol. The number of nitrogens with one attached hydrogen (secondary N) is 2. The fourth-order valence-corrected chi connectivity index (χ4v) is 3.34. The second-order valence-electron chi connectivity index (χ2n) is 7.27. The number of guanidine groups is 1. The van der Waals surface area contributed by atoms with Crippen LogP contribution in [0.5, 0.6) is 0 Å². The summed E-state index contributed by atoms with van der Waals surface area (Å²) in [6, 6.07) is 0. The van der Waals surface area contributed by atoms with Crippen molar-refractivity contribution >= 4 is 5.96 Å². The minimum atomic E-state index is 0.671. The van der Waals surface area contributed by atoms with E-state index in [0.717, 1.165) is 37.1 Å². The van der Waals surface area contributed by atoms with Crippen molar-refractivity contribution in [1.29, 1.82) is 0 Å². The summed E-state index contributed by atoms with van der Waals surface area (Å²) in [5.41, 5.74) is 3.48. The molecule has 1 saturated heterocycles. The van der Waals surface area contributed by atoms with E-state index in [-0.39, 0.29) is 0 Å². The first-order valence-corrected chi connectivity index (χ1v) is 9.74. The van der Waals surface area contributed by atoms with E-state index < -0.39 is 0 Å². The molecule has 1 aliphatic heterocycles. The van der Waals surface area contributed by atoms with Gasteiger partial charge in [0.15, 0.2) is 5.96 Å². The van der Waals surface area contributed by atoms with Crippen LogP contribution in [0.1, 0.15) is 50.1 Å². The van der Waals surface area contributed by atoms with Crippen LogP contribution in [0.4, 0.5) is 0 Å². The second kappa shape index (κ2) is 9.80. The molecule has 0 saturated carbocycles. The minimum absolute atomic E-state index is 0.671. The Bertz CT molecular complexity index is 555. The first-order chi connectivity index (χ1) is 12.0. The van der Waals surface area contributed by atoms with E-state index >= 15 is 0 Å². The standard InChI is InChI=1S/C19H36N6/c1-6-20-19(22-14-18-16(3)23-24(5)17(18)4)21-10-7-11-25-12-8-15(2)9-13-25/h15H,6-14H2,1-5H3,(H2,20,21,22). The van der Waals surface area contributed by atoms with E-state index in [1.807, 2.05) is 11.7 Å². The molecule has 6 nitrogen and oxygen atoms in total. The van der Waals surface area contributed by atoms with E-state index in [0.29, 0.717) is 6.54 Å². The Morgan fingerprint density at radius 3 is 2.56 bits per heavy atom. The zero-order chi connectivity index (χ0) is 18.2. The molecule has 142 valence electrons. The number of nitrogens with zero attached hydrogens (tertiary/aromatic N) is 4.